The summed E-state index contributed by atoms with van der Waals surface area (Å²) in [6.07, 6.45) is 0.537. The summed E-state index contributed by atoms with van der Waals surface area (Å²) in [7, 11) is 0. The Morgan fingerprint density at radius 1 is 1.33 bits per heavy atom. The Morgan fingerprint density at radius 3 is 2.57 bits per heavy atom. The lowest BCUT2D eigenvalue weighted by atomic mass is 9.81. The number of rotatable bonds is 2. The van der Waals surface area contributed by atoms with E-state index in [-0.39, 0.29) is 24.5 Å². The zero-order valence-corrected chi connectivity index (χ0v) is 13.1. The average molecular weight is 291 g/mol. The van der Waals surface area contributed by atoms with Crippen molar-refractivity contribution >= 4 is 6.09 Å². The fraction of sp³-hybridized carbons (Fsp3) is 0.588. The molecule has 1 fully saturated rings. The minimum atomic E-state index is -0.479. The molecular formula is C17H25NO3. The van der Waals surface area contributed by atoms with Crippen LogP contribution in [0.4, 0.5) is 4.79 Å². The minimum Gasteiger partial charge on any atom is -0.444 e. The third-order valence-electron chi connectivity index (χ3n) is 3.87. The fourth-order valence-electron chi connectivity index (χ4n) is 2.79. The van der Waals surface area contributed by atoms with Crippen molar-refractivity contribution in [3.63, 3.8) is 0 Å². The largest absolute Gasteiger partial charge is 0.444 e. The summed E-state index contributed by atoms with van der Waals surface area (Å²) in [4.78, 5) is 14.0. The summed E-state index contributed by atoms with van der Waals surface area (Å²) < 4.78 is 5.45. The average Bonchev–Trinajstić information content (AvgIpc) is 2.45. The maximum Gasteiger partial charge on any atom is 0.410 e. The number of aliphatic hydroxyl groups is 1. The van der Waals surface area contributed by atoms with Crippen LogP contribution in [-0.4, -0.2) is 41.4 Å². The van der Waals surface area contributed by atoms with Crippen molar-refractivity contribution in [3.8, 4) is 0 Å². The van der Waals surface area contributed by atoms with E-state index in [0.29, 0.717) is 13.1 Å². The molecular weight excluding hydrogens is 266 g/mol. The number of piperidine rings is 1. The predicted octanol–water partition coefficient (Wildman–Crippen LogP) is 3.02. The molecule has 0 unspecified atom stereocenters. The number of amides is 1. The lowest BCUT2D eigenvalue weighted by molar-refractivity contribution is 0.0122. The highest BCUT2D eigenvalue weighted by Gasteiger charge is 2.33. The second kappa shape index (κ2) is 6.48. The van der Waals surface area contributed by atoms with Crippen LogP contribution in [0.1, 0.15) is 38.7 Å². The van der Waals surface area contributed by atoms with Crippen molar-refractivity contribution in [2.45, 2.75) is 38.7 Å². The first kappa shape index (κ1) is 15.8. The molecule has 2 atom stereocenters. The van der Waals surface area contributed by atoms with E-state index < -0.39 is 5.60 Å². The molecule has 0 bridgehead atoms. The number of carbonyl (C=O) groups is 1. The molecule has 2 rings (SSSR count). The molecule has 1 aromatic carbocycles. The Balaban J connectivity index is 2.10. The van der Waals surface area contributed by atoms with Crippen molar-refractivity contribution in [1.82, 2.24) is 4.90 Å². The highest BCUT2D eigenvalue weighted by molar-refractivity contribution is 5.68. The molecule has 1 N–H and O–H groups in total. The van der Waals surface area contributed by atoms with Crippen LogP contribution in [0.5, 0.6) is 0 Å². The second-order valence-electron chi connectivity index (χ2n) is 6.67. The van der Waals surface area contributed by atoms with Crippen molar-refractivity contribution < 1.29 is 14.6 Å². The van der Waals surface area contributed by atoms with E-state index in [1.807, 2.05) is 39.0 Å². The molecule has 1 aliphatic heterocycles. The van der Waals surface area contributed by atoms with Crippen LogP contribution in [0.2, 0.25) is 0 Å². The predicted molar refractivity (Wildman–Crippen MR) is 82.2 cm³/mol. The topological polar surface area (TPSA) is 49.8 Å². The van der Waals surface area contributed by atoms with Crippen LogP contribution < -0.4 is 0 Å². The Hall–Kier alpha value is -1.55. The van der Waals surface area contributed by atoms with Crippen molar-refractivity contribution in [3.05, 3.63) is 35.9 Å². The summed E-state index contributed by atoms with van der Waals surface area (Å²) >= 11 is 0. The maximum atomic E-state index is 12.2. The van der Waals surface area contributed by atoms with Gasteiger partial charge in [-0.1, -0.05) is 30.3 Å². The summed E-state index contributed by atoms with van der Waals surface area (Å²) in [6.45, 7) is 7.02. The molecule has 1 heterocycles. The first-order valence-electron chi connectivity index (χ1n) is 7.54. The zero-order valence-electron chi connectivity index (χ0n) is 13.1. The van der Waals surface area contributed by atoms with E-state index in [0.717, 1.165) is 6.42 Å². The summed E-state index contributed by atoms with van der Waals surface area (Å²) in [5.41, 5.74) is 0.692. The molecule has 0 radical (unpaired) electrons. The first-order valence-corrected chi connectivity index (χ1v) is 7.54. The van der Waals surface area contributed by atoms with E-state index in [1.165, 1.54) is 5.56 Å². The normalized spacial score (nSPS) is 23.0. The SMILES string of the molecule is CC(C)(C)OC(=O)N1CC[C@H](CO)[C@@H](c2ccccc2)C1. The Bertz CT molecular complexity index is 467. The lowest BCUT2D eigenvalue weighted by Crippen LogP contribution is -2.45. The van der Waals surface area contributed by atoms with Crippen LogP contribution in [0.15, 0.2) is 30.3 Å². The molecule has 21 heavy (non-hydrogen) atoms. The molecule has 1 amide bonds. The van der Waals surface area contributed by atoms with E-state index in [4.69, 9.17) is 4.74 Å². The second-order valence-corrected chi connectivity index (χ2v) is 6.67. The summed E-state index contributed by atoms with van der Waals surface area (Å²) in [5, 5.41) is 9.60. The third kappa shape index (κ3) is 4.21. The quantitative estimate of drug-likeness (QED) is 0.911. The number of hydrogen-bond donors (Lipinski definition) is 1. The van der Waals surface area contributed by atoms with Crippen LogP contribution in [0.25, 0.3) is 0 Å². The van der Waals surface area contributed by atoms with Gasteiger partial charge in [-0.15, -0.1) is 0 Å². The number of likely N-dealkylation sites (tertiary alicyclic amines) is 1. The molecule has 0 aromatic heterocycles. The number of hydrogen-bond acceptors (Lipinski definition) is 3. The van der Waals surface area contributed by atoms with Gasteiger partial charge in [-0.05, 0) is 38.7 Å². The van der Waals surface area contributed by atoms with Gasteiger partial charge < -0.3 is 14.7 Å². The molecule has 1 aromatic rings. The first-order chi connectivity index (χ1) is 9.90. The maximum absolute atomic E-state index is 12.2. The third-order valence-corrected chi connectivity index (χ3v) is 3.87. The van der Waals surface area contributed by atoms with E-state index in [1.54, 1.807) is 4.90 Å². The Morgan fingerprint density at radius 2 is 2.00 bits per heavy atom. The van der Waals surface area contributed by atoms with E-state index in [2.05, 4.69) is 12.1 Å². The highest BCUT2D eigenvalue weighted by Crippen LogP contribution is 2.32. The lowest BCUT2D eigenvalue weighted by Gasteiger charge is -2.38. The van der Waals surface area contributed by atoms with Crippen LogP contribution in [0.3, 0.4) is 0 Å². The molecule has 0 saturated carbocycles. The number of ether oxygens (including phenoxy) is 1. The minimum absolute atomic E-state index is 0.154. The van der Waals surface area contributed by atoms with Gasteiger partial charge in [0.25, 0.3) is 0 Å². The molecule has 1 saturated heterocycles. The monoisotopic (exact) mass is 291 g/mol. The standard InChI is InChI=1S/C17H25NO3/c1-17(2,3)21-16(20)18-10-9-14(12-19)15(11-18)13-7-5-4-6-8-13/h4-8,14-15,19H,9-12H2,1-3H3/t14-,15-/m1/s1. The van der Waals surface area contributed by atoms with Crippen molar-refractivity contribution in [2.24, 2.45) is 5.92 Å². The van der Waals surface area contributed by atoms with Gasteiger partial charge in [0.1, 0.15) is 5.60 Å². The van der Waals surface area contributed by atoms with Crippen molar-refractivity contribution in [1.29, 1.82) is 0 Å². The number of carbonyl (C=O) groups excluding carboxylic acids is 1. The molecule has 0 aliphatic carbocycles. The van der Waals surface area contributed by atoms with Gasteiger partial charge in [0.2, 0.25) is 0 Å². The number of nitrogens with zero attached hydrogens (tertiary/aromatic N) is 1. The molecule has 4 nitrogen and oxygen atoms in total. The number of aliphatic hydroxyl groups excluding tert-OH is 1. The smallest absolute Gasteiger partial charge is 0.410 e. The van der Waals surface area contributed by atoms with E-state index >= 15 is 0 Å². The van der Waals surface area contributed by atoms with Gasteiger partial charge in [0.15, 0.2) is 0 Å². The Kier molecular flexibility index (Phi) is 4.88. The van der Waals surface area contributed by atoms with Crippen molar-refractivity contribution in [2.75, 3.05) is 19.7 Å². The van der Waals surface area contributed by atoms with Gasteiger partial charge in [0.05, 0.1) is 0 Å². The molecule has 1 aliphatic rings. The molecule has 0 spiro atoms. The fourth-order valence-corrected chi connectivity index (χ4v) is 2.79. The van der Waals surface area contributed by atoms with Gasteiger partial charge in [0, 0.05) is 25.6 Å². The highest BCUT2D eigenvalue weighted by atomic mass is 16.6. The molecule has 116 valence electrons. The van der Waals surface area contributed by atoms with Crippen LogP contribution in [0, 0.1) is 5.92 Å². The van der Waals surface area contributed by atoms with Gasteiger partial charge >= 0.3 is 6.09 Å². The van der Waals surface area contributed by atoms with Gasteiger partial charge in [-0.3, -0.25) is 0 Å². The van der Waals surface area contributed by atoms with Gasteiger partial charge in [-0.25, -0.2) is 4.79 Å². The Labute approximate surface area is 126 Å². The van der Waals surface area contributed by atoms with Crippen LogP contribution >= 0.6 is 0 Å². The summed E-state index contributed by atoms with van der Waals surface area (Å²) in [5.74, 6) is 0.364. The number of benzene rings is 1. The van der Waals surface area contributed by atoms with Crippen LogP contribution in [-0.2, 0) is 4.74 Å². The van der Waals surface area contributed by atoms with E-state index in [9.17, 15) is 9.90 Å². The van der Waals surface area contributed by atoms with Gasteiger partial charge in [-0.2, -0.15) is 0 Å². The molecule has 4 heteroatoms. The zero-order chi connectivity index (χ0) is 15.5. The summed E-state index contributed by atoms with van der Waals surface area (Å²) in [6, 6.07) is 10.1.